The number of alkyl halides is 1. The van der Waals surface area contributed by atoms with Crippen molar-refractivity contribution < 1.29 is 19.0 Å². The second-order valence-electron chi connectivity index (χ2n) is 8.58. The molecule has 2 N–H and O–H groups in total. The molecule has 0 aliphatic carbocycles. The number of hydrogen-bond donors (Lipinski definition) is 2. The zero-order valence-corrected chi connectivity index (χ0v) is 19.9. The fourth-order valence-corrected chi connectivity index (χ4v) is 4.21. The summed E-state index contributed by atoms with van der Waals surface area (Å²) in [5.41, 5.74) is 2.50. The lowest BCUT2D eigenvalue weighted by Crippen LogP contribution is -2.50. The molecule has 1 aliphatic heterocycles. The molecular formula is C25H23FN8O3. The van der Waals surface area contributed by atoms with E-state index in [4.69, 9.17) is 9.84 Å². The molecule has 3 heterocycles. The van der Waals surface area contributed by atoms with Crippen LogP contribution in [0.4, 0.5) is 16.0 Å². The molecule has 11 nitrogen and oxygen atoms in total. The summed E-state index contributed by atoms with van der Waals surface area (Å²) in [6.45, 7) is -0.566. The topological polar surface area (TPSA) is 142 Å². The van der Waals surface area contributed by atoms with Crippen LogP contribution in [0.5, 0.6) is 5.75 Å². The number of nitrogens with zero attached hydrogens (tertiary/aromatic N) is 7. The smallest absolute Gasteiger partial charge is 0.248 e. The summed E-state index contributed by atoms with van der Waals surface area (Å²) in [6.07, 6.45) is 1.14. The van der Waals surface area contributed by atoms with Gasteiger partial charge in [-0.3, -0.25) is 9.48 Å². The maximum atomic E-state index is 14.7. The van der Waals surface area contributed by atoms with Crippen molar-refractivity contribution >= 4 is 28.4 Å². The van der Waals surface area contributed by atoms with E-state index in [1.54, 1.807) is 29.1 Å². The van der Waals surface area contributed by atoms with Crippen LogP contribution in [0, 0.1) is 11.3 Å². The van der Waals surface area contributed by atoms with Crippen molar-refractivity contribution in [3.63, 3.8) is 0 Å². The van der Waals surface area contributed by atoms with E-state index in [1.807, 2.05) is 25.2 Å². The molecule has 0 spiro atoms. The maximum Gasteiger partial charge on any atom is 0.248 e. The van der Waals surface area contributed by atoms with E-state index in [1.165, 1.54) is 11.2 Å². The lowest BCUT2D eigenvalue weighted by Gasteiger charge is -2.34. The summed E-state index contributed by atoms with van der Waals surface area (Å²) in [4.78, 5) is 25.8. The number of aromatic nitrogens is 5. The SMILES string of the molecule is Cn1ncc2ccc(Nc3ncnc(-c4ccc(O[C@H]5CCN(C(=O)CO)C[C@@H]5F)c(C#N)c4)n3)cc21. The standard InChI is InChI=1S/C25H23FN8O3/c1-33-20-9-18(4-2-16(20)11-30-33)31-25-29-14-28-24(32-25)15-3-5-21(17(8-15)10-27)37-22-6-7-34(12-19(22)26)23(36)13-35/h2-5,8-9,11,14,19,22,35H,6-7,12-13H2,1H3,(H,28,29,31,32)/t19-,22-/m0/s1. The van der Waals surface area contributed by atoms with Gasteiger partial charge in [0.2, 0.25) is 11.9 Å². The highest BCUT2D eigenvalue weighted by atomic mass is 19.1. The van der Waals surface area contributed by atoms with Crippen LogP contribution in [0.1, 0.15) is 12.0 Å². The van der Waals surface area contributed by atoms with E-state index in [-0.39, 0.29) is 30.8 Å². The number of carbonyl (C=O) groups is 1. The second-order valence-corrected chi connectivity index (χ2v) is 8.58. The van der Waals surface area contributed by atoms with Gasteiger partial charge >= 0.3 is 0 Å². The molecular weight excluding hydrogens is 479 g/mol. The van der Waals surface area contributed by atoms with Crippen molar-refractivity contribution in [2.45, 2.75) is 18.7 Å². The number of amides is 1. The summed E-state index contributed by atoms with van der Waals surface area (Å²) < 4.78 is 22.2. The van der Waals surface area contributed by atoms with E-state index >= 15 is 0 Å². The number of aryl methyl sites for hydroxylation is 1. The largest absolute Gasteiger partial charge is 0.486 e. The third kappa shape index (κ3) is 5.03. The van der Waals surface area contributed by atoms with Gasteiger partial charge in [-0.2, -0.15) is 15.3 Å². The normalized spacial score (nSPS) is 17.4. The molecule has 1 saturated heterocycles. The Balaban J connectivity index is 1.32. The number of ether oxygens (including phenoxy) is 1. The number of nitrogens with one attached hydrogen (secondary N) is 1. The summed E-state index contributed by atoms with van der Waals surface area (Å²) in [5.74, 6) is 0.390. The van der Waals surface area contributed by atoms with Gasteiger partial charge in [-0.05, 0) is 36.4 Å². The monoisotopic (exact) mass is 502 g/mol. The first-order chi connectivity index (χ1) is 17.9. The first kappa shape index (κ1) is 24.1. The third-order valence-corrected chi connectivity index (χ3v) is 6.18. The van der Waals surface area contributed by atoms with Crippen LogP contribution >= 0.6 is 0 Å². The van der Waals surface area contributed by atoms with Crippen molar-refractivity contribution in [2.24, 2.45) is 7.05 Å². The van der Waals surface area contributed by atoms with Gasteiger partial charge in [0.05, 0.1) is 23.8 Å². The highest BCUT2D eigenvalue weighted by Crippen LogP contribution is 2.28. The van der Waals surface area contributed by atoms with Gasteiger partial charge in [-0.15, -0.1) is 0 Å². The Kier molecular flexibility index (Phi) is 6.61. The number of nitriles is 1. The summed E-state index contributed by atoms with van der Waals surface area (Å²) in [5, 5.41) is 27.1. The molecule has 1 amide bonds. The van der Waals surface area contributed by atoms with Crippen molar-refractivity contribution in [3.8, 4) is 23.2 Å². The van der Waals surface area contributed by atoms with Gasteiger partial charge in [0, 0.05) is 36.7 Å². The van der Waals surface area contributed by atoms with Gasteiger partial charge in [-0.25, -0.2) is 14.4 Å². The van der Waals surface area contributed by atoms with Gasteiger partial charge in [0.25, 0.3) is 0 Å². The number of anilines is 2. The molecule has 0 bridgehead atoms. The van der Waals surface area contributed by atoms with Gasteiger partial charge in [-0.1, -0.05) is 0 Å². The van der Waals surface area contributed by atoms with Crippen LogP contribution < -0.4 is 10.1 Å². The second kappa shape index (κ2) is 10.2. The first-order valence-corrected chi connectivity index (χ1v) is 11.6. The molecule has 5 rings (SSSR count). The van der Waals surface area contributed by atoms with Crippen molar-refractivity contribution in [2.75, 3.05) is 25.0 Å². The molecule has 188 valence electrons. The molecule has 4 aromatic rings. The maximum absolute atomic E-state index is 14.7. The van der Waals surface area contributed by atoms with E-state index in [0.717, 1.165) is 16.6 Å². The quantitative estimate of drug-likeness (QED) is 0.406. The van der Waals surface area contributed by atoms with E-state index in [9.17, 15) is 14.4 Å². The molecule has 0 unspecified atom stereocenters. The Labute approximate surface area is 211 Å². The molecule has 1 fully saturated rings. The molecule has 2 aromatic carbocycles. The van der Waals surface area contributed by atoms with Crippen molar-refractivity contribution in [3.05, 3.63) is 54.5 Å². The molecule has 37 heavy (non-hydrogen) atoms. The number of benzene rings is 2. The number of rotatable bonds is 6. The number of likely N-dealkylation sites (tertiary alicyclic amines) is 1. The highest BCUT2D eigenvalue weighted by Gasteiger charge is 2.33. The fourth-order valence-electron chi connectivity index (χ4n) is 4.21. The van der Waals surface area contributed by atoms with Crippen LogP contribution in [-0.4, -0.2) is 72.6 Å². The molecule has 2 aromatic heterocycles. The molecule has 0 saturated carbocycles. The van der Waals surface area contributed by atoms with Crippen LogP contribution in [0.25, 0.3) is 22.3 Å². The average molecular weight is 503 g/mol. The van der Waals surface area contributed by atoms with Crippen molar-refractivity contribution in [1.29, 1.82) is 5.26 Å². The Morgan fingerprint density at radius 2 is 2.16 bits per heavy atom. The lowest BCUT2D eigenvalue weighted by molar-refractivity contribution is -0.138. The Bertz CT molecular complexity index is 1500. The minimum absolute atomic E-state index is 0.168. The molecule has 1 aliphatic rings. The summed E-state index contributed by atoms with van der Waals surface area (Å²) >= 11 is 0. The van der Waals surface area contributed by atoms with Crippen molar-refractivity contribution in [1.82, 2.24) is 29.6 Å². The summed E-state index contributed by atoms with van der Waals surface area (Å²) in [6, 6.07) is 12.7. The minimum atomic E-state index is -1.45. The van der Waals surface area contributed by atoms with Gasteiger partial charge in [0.15, 0.2) is 12.0 Å². The molecule has 12 heteroatoms. The Morgan fingerprint density at radius 1 is 1.30 bits per heavy atom. The number of aliphatic hydroxyl groups excluding tert-OH is 1. The van der Waals surface area contributed by atoms with Gasteiger partial charge in [0.1, 0.15) is 30.9 Å². The Hall–Kier alpha value is -4.63. The number of fused-ring (bicyclic) bond motifs is 1. The first-order valence-electron chi connectivity index (χ1n) is 11.6. The van der Waals surface area contributed by atoms with Crippen LogP contribution in [0.15, 0.2) is 48.9 Å². The van der Waals surface area contributed by atoms with E-state index in [2.05, 4.69) is 31.4 Å². The number of aliphatic hydroxyl groups is 1. The zero-order valence-electron chi connectivity index (χ0n) is 19.9. The number of halogens is 1. The van der Waals surface area contributed by atoms with Gasteiger partial charge < -0.3 is 20.1 Å². The number of carbonyl (C=O) groups excluding carboxylic acids is 1. The Morgan fingerprint density at radius 3 is 2.95 bits per heavy atom. The molecule has 2 atom stereocenters. The predicted octanol–water partition coefficient (Wildman–Crippen LogP) is 2.35. The highest BCUT2D eigenvalue weighted by molar-refractivity contribution is 5.83. The predicted molar refractivity (Wildman–Crippen MR) is 132 cm³/mol. The van der Waals surface area contributed by atoms with E-state index in [0.29, 0.717) is 17.3 Å². The van der Waals surface area contributed by atoms with Crippen LogP contribution in [0.2, 0.25) is 0 Å². The number of hydrogen-bond acceptors (Lipinski definition) is 9. The third-order valence-electron chi connectivity index (χ3n) is 6.18. The minimum Gasteiger partial charge on any atom is -0.486 e. The zero-order chi connectivity index (χ0) is 25.9. The summed E-state index contributed by atoms with van der Waals surface area (Å²) in [7, 11) is 1.86. The lowest BCUT2D eigenvalue weighted by atomic mass is 10.0. The fraction of sp³-hybridized carbons (Fsp3) is 0.280. The average Bonchev–Trinajstić information content (AvgIpc) is 3.29. The van der Waals surface area contributed by atoms with Crippen LogP contribution in [-0.2, 0) is 11.8 Å². The number of piperidine rings is 1. The molecule has 0 radical (unpaired) electrons. The van der Waals surface area contributed by atoms with Crippen LogP contribution in [0.3, 0.4) is 0 Å². The van der Waals surface area contributed by atoms with E-state index < -0.39 is 24.8 Å².